The molecule has 1 aromatic heterocycles. The van der Waals surface area contributed by atoms with E-state index in [0.717, 1.165) is 11.1 Å². The summed E-state index contributed by atoms with van der Waals surface area (Å²) in [6, 6.07) is 19.4. The first-order chi connectivity index (χ1) is 15.7. The molecule has 0 saturated carbocycles. The van der Waals surface area contributed by atoms with Crippen LogP contribution in [0.4, 0.5) is 0 Å². The second-order valence-electron chi connectivity index (χ2n) is 8.97. The van der Waals surface area contributed by atoms with E-state index in [-0.39, 0.29) is 10.8 Å². The first kappa shape index (κ1) is 22.3. The van der Waals surface area contributed by atoms with Crippen molar-refractivity contribution >= 4 is 16.9 Å². The SMILES string of the molecule is COc1ccc(-c2c(C)oc3cc(OC(=O)c4ccc(C(C)(C)C)cc4)ccc3c2=O)cc1. The van der Waals surface area contributed by atoms with Crippen LogP contribution in [-0.4, -0.2) is 13.1 Å². The van der Waals surface area contributed by atoms with Gasteiger partial charge in [0.2, 0.25) is 5.43 Å². The number of hydrogen-bond donors (Lipinski definition) is 0. The molecule has 0 fully saturated rings. The molecule has 1 heterocycles. The minimum absolute atomic E-state index is 0.000847. The van der Waals surface area contributed by atoms with Gasteiger partial charge < -0.3 is 13.9 Å². The van der Waals surface area contributed by atoms with Gasteiger partial charge in [-0.05, 0) is 59.9 Å². The molecule has 0 aliphatic rings. The van der Waals surface area contributed by atoms with Crippen LogP contribution in [0.5, 0.6) is 11.5 Å². The van der Waals surface area contributed by atoms with Crippen molar-refractivity contribution in [2.75, 3.05) is 7.11 Å². The van der Waals surface area contributed by atoms with Crippen molar-refractivity contribution in [3.05, 3.63) is 93.8 Å². The van der Waals surface area contributed by atoms with E-state index in [1.807, 2.05) is 24.3 Å². The summed E-state index contributed by atoms with van der Waals surface area (Å²) in [7, 11) is 1.59. The Bertz CT molecular complexity index is 1370. The van der Waals surface area contributed by atoms with Crippen molar-refractivity contribution in [2.45, 2.75) is 33.1 Å². The molecule has 0 radical (unpaired) electrons. The van der Waals surface area contributed by atoms with Gasteiger partial charge in [-0.25, -0.2) is 4.79 Å². The maximum absolute atomic E-state index is 13.2. The third-order valence-electron chi connectivity index (χ3n) is 5.62. The average Bonchev–Trinajstić information content (AvgIpc) is 2.79. The normalized spacial score (nSPS) is 11.4. The molecule has 0 N–H and O–H groups in total. The topological polar surface area (TPSA) is 65.7 Å². The molecule has 0 unspecified atom stereocenters. The van der Waals surface area contributed by atoms with E-state index in [0.29, 0.717) is 39.4 Å². The van der Waals surface area contributed by atoms with Crippen LogP contribution in [0.15, 0.2) is 75.9 Å². The van der Waals surface area contributed by atoms with Crippen molar-refractivity contribution < 1.29 is 18.7 Å². The largest absolute Gasteiger partial charge is 0.497 e. The lowest BCUT2D eigenvalue weighted by Gasteiger charge is -2.18. The number of fused-ring (bicyclic) bond motifs is 1. The predicted molar refractivity (Wildman–Crippen MR) is 129 cm³/mol. The maximum atomic E-state index is 13.2. The summed E-state index contributed by atoms with van der Waals surface area (Å²) in [6.07, 6.45) is 0. The Morgan fingerprint density at radius 3 is 2.12 bits per heavy atom. The molecule has 4 aromatic rings. The van der Waals surface area contributed by atoms with Gasteiger partial charge in [0.1, 0.15) is 22.8 Å². The van der Waals surface area contributed by atoms with E-state index < -0.39 is 5.97 Å². The van der Waals surface area contributed by atoms with Gasteiger partial charge in [0.15, 0.2) is 0 Å². The Labute approximate surface area is 192 Å². The number of benzene rings is 3. The first-order valence-electron chi connectivity index (χ1n) is 10.7. The number of carbonyl (C=O) groups excluding carboxylic acids is 1. The molecule has 0 aliphatic heterocycles. The van der Waals surface area contributed by atoms with Crippen LogP contribution in [0.25, 0.3) is 22.1 Å². The Morgan fingerprint density at radius 2 is 1.52 bits per heavy atom. The maximum Gasteiger partial charge on any atom is 0.343 e. The molecule has 33 heavy (non-hydrogen) atoms. The van der Waals surface area contributed by atoms with Gasteiger partial charge >= 0.3 is 5.97 Å². The predicted octanol–water partition coefficient (Wildman–Crippen LogP) is 6.29. The minimum atomic E-state index is -0.469. The lowest BCUT2D eigenvalue weighted by molar-refractivity contribution is 0.0735. The van der Waals surface area contributed by atoms with E-state index in [2.05, 4.69) is 20.8 Å². The second-order valence-corrected chi connectivity index (χ2v) is 8.97. The number of hydrogen-bond acceptors (Lipinski definition) is 5. The summed E-state index contributed by atoms with van der Waals surface area (Å²) in [5.74, 6) is 1.04. The third-order valence-corrected chi connectivity index (χ3v) is 5.62. The van der Waals surface area contributed by atoms with Crippen LogP contribution in [0.2, 0.25) is 0 Å². The van der Waals surface area contributed by atoms with Crippen LogP contribution < -0.4 is 14.9 Å². The summed E-state index contributed by atoms with van der Waals surface area (Å²) in [5, 5.41) is 0.417. The fourth-order valence-corrected chi connectivity index (χ4v) is 3.71. The molecule has 5 heteroatoms. The Morgan fingerprint density at radius 1 is 0.879 bits per heavy atom. The fraction of sp³-hybridized carbons (Fsp3) is 0.214. The van der Waals surface area contributed by atoms with Gasteiger partial charge in [0, 0.05) is 6.07 Å². The zero-order valence-corrected chi connectivity index (χ0v) is 19.4. The first-order valence-corrected chi connectivity index (χ1v) is 10.7. The highest BCUT2D eigenvalue weighted by Crippen LogP contribution is 2.28. The highest BCUT2D eigenvalue weighted by molar-refractivity contribution is 5.92. The number of esters is 1. The van der Waals surface area contributed by atoms with Crippen molar-refractivity contribution in [3.63, 3.8) is 0 Å². The number of aryl methyl sites for hydroxylation is 1. The summed E-state index contributed by atoms with van der Waals surface area (Å²) < 4.78 is 16.7. The summed E-state index contributed by atoms with van der Waals surface area (Å²) in [6.45, 7) is 8.09. The molecule has 0 amide bonds. The van der Waals surface area contributed by atoms with Gasteiger partial charge in [-0.3, -0.25) is 4.79 Å². The number of methoxy groups -OCH3 is 1. The van der Waals surface area contributed by atoms with E-state index in [4.69, 9.17) is 13.9 Å². The Kier molecular flexibility index (Phi) is 5.81. The lowest BCUT2D eigenvalue weighted by atomic mass is 9.87. The monoisotopic (exact) mass is 442 g/mol. The Balaban J connectivity index is 1.63. The van der Waals surface area contributed by atoms with E-state index in [1.165, 1.54) is 0 Å². The molecular formula is C28H26O5. The molecular weight excluding hydrogens is 416 g/mol. The molecule has 0 bridgehead atoms. The van der Waals surface area contributed by atoms with E-state index in [1.54, 1.807) is 56.5 Å². The van der Waals surface area contributed by atoms with Crippen molar-refractivity contribution in [2.24, 2.45) is 0 Å². The third kappa shape index (κ3) is 4.53. The Hall–Kier alpha value is -3.86. The van der Waals surface area contributed by atoms with Crippen molar-refractivity contribution in [1.29, 1.82) is 0 Å². The van der Waals surface area contributed by atoms with Crippen LogP contribution in [0.1, 0.15) is 42.5 Å². The second kappa shape index (κ2) is 8.58. The van der Waals surface area contributed by atoms with Gasteiger partial charge in [0.25, 0.3) is 0 Å². The number of carbonyl (C=O) groups is 1. The molecule has 3 aromatic carbocycles. The van der Waals surface area contributed by atoms with Crippen LogP contribution >= 0.6 is 0 Å². The molecule has 0 atom stereocenters. The van der Waals surface area contributed by atoms with E-state index >= 15 is 0 Å². The van der Waals surface area contributed by atoms with Crippen LogP contribution in [-0.2, 0) is 5.41 Å². The zero-order chi connectivity index (χ0) is 23.8. The van der Waals surface area contributed by atoms with Gasteiger partial charge in [-0.1, -0.05) is 45.0 Å². The van der Waals surface area contributed by atoms with Gasteiger partial charge in [0.05, 0.1) is 23.6 Å². The summed E-state index contributed by atoms with van der Waals surface area (Å²) in [5.41, 5.74) is 3.05. The van der Waals surface area contributed by atoms with Gasteiger partial charge in [-0.15, -0.1) is 0 Å². The highest BCUT2D eigenvalue weighted by atomic mass is 16.5. The average molecular weight is 443 g/mol. The molecule has 0 spiro atoms. The van der Waals surface area contributed by atoms with Crippen LogP contribution in [0.3, 0.4) is 0 Å². The fourth-order valence-electron chi connectivity index (χ4n) is 3.71. The lowest BCUT2D eigenvalue weighted by Crippen LogP contribution is -2.13. The van der Waals surface area contributed by atoms with Crippen molar-refractivity contribution in [3.8, 4) is 22.6 Å². The zero-order valence-electron chi connectivity index (χ0n) is 19.4. The highest BCUT2D eigenvalue weighted by Gasteiger charge is 2.17. The standard InChI is InChI=1S/C28H26O5/c1-17-25(18-8-12-21(31-5)13-9-18)26(29)23-15-14-22(16-24(23)32-17)33-27(30)19-6-10-20(11-7-19)28(2,3)4/h6-16H,1-5H3. The summed E-state index contributed by atoms with van der Waals surface area (Å²) in [4.78, 5) is 25.8. The molecule has 168 valence electrons. The van der Waals surface area contributed by atoms with Crippen molar-refractivity contribution in [1.82, 2.24) is 0 Å². The molecule has 5 nitrogen and oxygen atoms in total. The molecule has 4 rings (SSSR count). The number of ether oxygens (including phenoxy) is 2. The molecule has 0 aliphatic carbocycles. The van der Waals surface area contributed by atoms with Crippen LogP contribution in [0, 0.1) is 6.92 Å². The summed E-state index contributed by atoms with van der Waals surface area (Å²) >= 11 is 0. The minimum Gasteiger partial charge on any atom is -0.497 e. The smallest absolute Gasteiger partial charge is 0.343 e. The number of rotatable bonds is 4. The molecule has 0 saturated heterocycles. The van der Waals surface area contributed by atoms with Gasteiger partial charge in [-0.2, -0.15) is 0 Å². The quantitative estimate of drug-likeness (QED) is 0.274. The van der Waals surface area contributed by atoms with E-state index in [9.17, 15) is 9.59 Å².